The highest BCUT2D eigenvalue weighted by molar-refractivity contribution is 5.86. The molecule has 0 heterocycles. The van der Waals surface area contributed by atoms with Crippen LogP contribution in [-0.2, 0) is 0 Å². The first kappa shape index (κ1) is 14.1. The number of oxime groups is 1. The van der Waals surface area contributed by atoms with Crippen molar-refractivity contribution in [2.45, 2.75) is 38.5 Å². The van der Waals surface area contributed by atoms with E-state index < -0.39 is 0 Å². The first-order valence-corrected chi connectivity index (χ1v) is 7.97. The van der Waals surface area contributed by atoms with Gasteiger partial charge in [0.1, 0.15) is 0 Å². The summed E-state index contributed by atoms with van der Waals surface area (Å²) in [6, 6.07) is 8.61. The second kappa shape index (κ2) is 6.30. The van der Waals surface area contributed by atoms with Gasteiger partial charge in [-0.1, -0.05) is 55.3 Å². The third-order valence-corrected chi connectivity index (χ3v) is 4.99. The van der Waals surface area contributed by atoms with Crippen molar-refractivity contribution in [2.75, 3.05) is 0 Å². The molecule has 2 aliphatic carbocycles. The van der Waals surface area contributed by atoms with Crippen molar-refractivity contribution in [1.29, 1.82) is 0 Å². The first-order chi connectivity index (χ1) is 10.3. The number of benzene rings is 1. The summed E-state index contributed by atoms with van der Waals surface area (Å²) in [5, 5.41) is 12.3. The van der Waals surface area contributed by atoms with Gasteiger partial charge in [-0.05, 0) is 48.3 Å². The van der Waals surface area contributed by atoms with E-state index in [4.69, 9.17) is 5.21 Å². The normalized spacial score (nSPS) is 23.3. The maximum absolute atomic E-state index is 8.96. The highest BCUT2D eigenvalue weighted by atomic mass is 16.4. The van der Waals surface area contributed by atoms with Gasteiger partial charge in [0, 0.05) is 5.92 Å². The Morgan fingerprint density at radius 2 is 1.81 bits per heavy atom. The summed E-state index contributed by atoms with van der Waals surface area (Å²) < 4.78 is 0. The summed E-state index contributed by atoms with van der Waals surface area (Å²) in [7, 11) is 0. The molecule has 1 aromatic rings. The molecule has 1 N–H and O–H groups in total. The minimum atomic E-state index is 0.264. The molecule has 3 rings (SSSR count). The molecule has 2 aliphatic rings. The molecule has 0 bridgehead atoms. The van der Waals surface area contributed by atoms with Crippen molar-refractivity contribution < 1.29 is 5.21 Å². The van der Waals surface area contributed by atoms with Crippen LogP contribution in [0, 0.1) is 11.8 Å². The molecule has 2 heteroatoms. The smallest absolute Gasteiger partial charge is 0.0511 e. The molecule has 1 unspecified atom stereocenters. The van der Waals surface area contributed by atoms with Gasteiger partial charge in [-0.3, -0.25) is 0 Å². The van der Waals surface area contributed by atoms with E-state index in [9.17, 15) is 0 Å². The molecule has 1 aromatic carbocycles. The lowest BCUT2D eigenvalue weighted by Crippen LogP contribution is -2.03. The van der Waals surface area contributed by atoms with Crippen LogP contribution in [0.25, 0.3) is 11.6 Å². The van der Waals surface area contributed by atoms with Crippen LogP contribution in [0.5, 0.6) is 0 Å². The minimum Gasteiger partial charge on any atom is -0.411 e. The molecule has 21 heavy (non-hydrogen) atoms. The second-order valence-electron chi connectivity index (χ2n) is 6.16. The van der Waals surface area contributed by atoms with E-state index in [1.807, 2.05) is 6.08 Å². The Bertz CT molecular complexity index is 562. The molecular formula is C19H23NO. The van der Waals surface area contributed by atoms with Gasteiger partial charge in [0.2, 0.25) is 0 Å². The van der Waals surface area contributed by atoms with Crippen LogP contribution in [0.4, 0.5) is 0 Å². The molecule has 0 saturated heterocycles. The second-order valence-corrected chi connectivity index (χ2v) is 6.16. The molecule has 1 atom stereocenters. The standard InChI is InChI=1S/C19H23NO/c1-2-14-7-9-16(10-8-14)19-17(13-20-21)11-12-18(19)15-5-3-4-6-15/h2,7-10,13,15,17,21H,1,3-6,11-12H2. The van der Waals surface area contributed by atoms with Crippen molar-refractivity contribution in [1.82, 2.24) is 0 Å². The van der Waals surface area contributed by atoms with E-state index in [2.05, 4.69) is 36.0 Å². The summed E-state index contributed by atoms with van der Waals surface area (Å²) in [5.41, 5.74) is 5.45. The molecule has 110 valence electrons. The van der Waals surface area contributed by atoms with E-state index >= 15 is 0 Å². The van der Waals surface area contributed by atoms with Crippen molar-refractivity contribution in [3.05, 3.63) is 47.5 Å². The summed E-state index contributed by atoms with van der Waals surface area (Å²) in [5.74, 6) is 1.01. The number of nitrogens with zero attached hydrogens (tertiary/aromatic N) is 1. The molecule has 0 radical (unpaired) electrons. The Hall–Kier alpha value is -1.83. The summed E-state index contributed by atoms with van der Waals surface area (Å²) in [6.07, 6.45) is 11.2. The van der Waals surface area contributed by atoms with Crippen LogP contribution in [0.15, 0.2) is 41.6 Å². The monoisotopic (exact) mass is 281 g/mol. The third-order valence-electron chi connectivity index (χ3n) is 4.99. The SMILES string of the molecule is C=Cc1ccc(C2=C(C3CCCC3)CCC2C=NO)cc1. The predicted molar refractivity (Wildman–Crippen MR) is 88.4 cm³/mol. The van der Waals surface area contributed by atoms with Gasteiger partial charge in [0.25, 0.3) is 0 Å². The lowest BCUT2D eigenvalue weighted by molar-refractivity contribution is 0.319. The summed E-state index contributed by atoms with van der Waals surface area (Å²) >= 11 is 0. The molecule has 1 saturated carbocycles. The number of allylic oxidation sites excluding steroid dienone is 2. The number of hydrogen-bond donors (Lipinski definition) is 1. The Morgan fingerprint density at radius 3 is 2.43 bits per heavy atom. The lowest BCUT2D eigenvalue weighted by Gasteiger charge is -2.16. The van der Waals surface area contributed by atoms with Crippen molar-refractivity contribution in [3.8, 4) is 0 Å². The van der Waals surface area contributed by atoms with Gasteiger partial charge in [-0.25, -0.2) is 0 Å². The molecular weight excluding hydrogens is 258 g/mol. The average molecular weight is 281 g/mol. The van der Waals surface area contributed by atoms with E-state index in [1.54, 1.807) is 11.8 Å². The van der Waals surface area contributed by atoms with E-state index in [-0.39, 0.29) is 5.92 Å². The van der Waals surface area contributed by atoms with Crippen molar-refractivity contribution >= 4 is 17.9 Å². The Labute approximate surface area is 126 Å². The van der Waals surface area contributed by atoms with Gasteiger partial charge >= 0.3 is 0 Å². The number of rotatable bonds is 4. The summed E-state index contributed by atoms with van der Waals surface area (Å²) in [6.45, 7) is 3.81. The van der Waals surface area contributed by atoms with Gasteiger partial charge in [-0.15, -0.1) is 5.16 Å². The average Bonchev–Trinajstić information content (AvgIpc) is 3.17. The minimum absolute atomic E-state index is 0.264. The molecule has 0 amide bonds. The third kappa shape index (κ3) is 2.80. The highest BCUT2D eigenvalue weighted by Crippen LogP contribution is 2.46. The molecule has 2 nitrogen and oxygen atoms in total. The Balaban J connectivity index is 2.00. The molecule has 0 spiro atoms. The molecule has 1 fully saturated rings. The van der Waals surface area contributed by atoms with E-state index in [0.29, 0.717) is 0 Å². The van der Waals surface area contributed by atoms with Crippen LogP contribution in [0.1, 0.15) is 49.7 Å². The lowest BCUT2D eigenvalue weighted by atomic mass is 9.88. The van der Waals surface area contributed by atoms with Gasteiger partial charge in [-0.2, -0.15) is 0 Å². The van der Waals surface area contributed by atoms with Crippen LogP contribution >= 0.6 is 0 Å². The zero-order chi connectivity index (χ0) is 14.7. The fourth-order valence-electron chi connectivity index (χ4n) is 3.95. The zero-order valence-corrected chi connectivity index (χ0v) is 12.5. The van der Waals surface area contributed by atoms with E-state index in [1.165, 1.54) is 36.8 Å². The fourth-order valence-corrected chi connectivity index (χ4v) is 3.95. The van der Waals surface area contributed by atoms with Crippen molar-refractivity contribution in [3.63, 3.8) is 0 Å². The van der Waals surface area contributed by atoms with Gasteiger partial charge in [0.15, 0.2) is 0 Å². The fraction of sp³-hybridized carbons (Fsp3) is 0.421. The zero-order valence-electron chi connectivity index (χ0n) is 12.5. The van der Waals surface area contributed by atoms with Gasteiger partial charge < -0.3 is 5.21 Å². The van der Waals surface area contributed by atoms with E-state index in [0.717, 1.165) is 24.3 Å². The Morgan fingerprint density at radius 1 is 1.10 bits per heavy atom. The maximum atomic E-state index is 8.96. The Kier molecular flexibility index (Phi) is 4.23. The predicted octanol–water partition coefficient (Wildman–Crippen LogP) is 5.14. The van der Waals surface area contributed by atoms with Crippen LogP contribution in [-0.4, -0.2) is 11.4 Å². The van der Waals surface area contributed by atoms with Crippen LogP contribution in [0.2, 0.25) is 0 Å². The van der Waals surface area contributed by atoms with Gasteiger partial charge in [0.05, 0.1) is 6.21 Å². The van der Waals surface area contributed by atoms with Crippen LogP contribution in [0.3, 0.4) is 0 Å². The quantitative estimate of drug-likeness (QED) is 0.462. The van der Waals surface area contributed by atoms with Crippen LogP contribution < -0.4 is 0 Å². The molecule has 0 aromatic heterocycles. The molecule has 0 aliphatic heterocycles. The summed E-state index contributed by atoms with van der Waals surface area (Å²) in [4.78, 5) is 0. The maximum Gasteiger partial charge on any atom is 0.0511 e. The first-order valence-electron chi connectivity index (χ1n) is 7.97. The number of hydrogen-bond acceptors (Lipinski definition) is 2. The van der Waals surface area contributed by atoms with Crippen molar-refractivity contribution in [2.24, 2.45) is 17.0 Å². The topological polar surface area (TPSA) is 32.6 Å². The largest absolute Gasteiger partial charge is 0.411 e. The highest BCUT2D eigenvalue weighted by Gasteiger charge is 2.31.